The van der Waals surface area contributed by atoms with Crippen LogP contribution in [0, 0.1) is 31.6 Å². The second kappa shape index (κ2) is 12.2. The first-order valence-corrected chi connectivity index (χ1v) is 14.2. The standard InChI is InChI=1S/C32H32N4O9/c1-19(20-8-6-5-7-9-20)34-18-32(31(39)45-4)28(22-12-16-24(17-13-22)36(42)43)33(2)26(21-10-14-23(15-11-21)35(40)41)25(29(32)37)27(34)30(38)44-3/h5-17,19,25-28H,18H2,1-4H3/t19-,25?,26+,27?,28-,32?/m0/s1. The van der Waals surface area contributed by atoms with Crippen LogP contribution in [0.1, 0.15) is 41.7 Å². The molecule has 13 heteroatoms. The fraction of sp³-hybridized carbons (Fsp3) is 0.344. The van der Waals surface area contributed by atoms with E-state index in [1.54, 1.807) is 16.8 Å². The van der Waals surface area contributed by atoms with Gasteiger partial charge in [-0.25, -0.2) is 0 Å². The van der Waals surface area contributed by atoms with E-state index in [1.165, 1.54) is 62.8 Å². The van der Waals surface area contributed by atoms with E-state index in [4.69, 9.17) is 9.47 Å². The van der Waals surface area contributed by atoms with E-state index in [0.29, 0.717) is 11.1 Å². The van der Waals surface area contributed by atoms with Gasteiger partial charge in [0.25, 0.3) is 11.4 Å². The number of nitro benzene ring substituents is 2. The fourth-order valence-electron chi connectivity index (χ4n) is 7.11. The second-order valence-corrected chi connectivity index (χ2v) is 11.3. The number of carbonyl (C=O) groups is 3. The quantitative estimate of drug-likeness (QED) is 0.154. The van der Waals surface area contributed by atoms with Gasteiger partial charge in [0, 0.05) is 42.9 Å². The summed E-state index contributed by atoms with van der Waals surface area (Å²) in [5.41, 5.74) is -0.437. The van der Waals surface area contributed by atoms with E-state index in [-0.39, 0.29) is 17.9 Å². The zero-order valence-electron chi connectivity index (χ0n) is 25.1. The van der Waals surface area contributed by atoms with Gasteiger partial charge in [0.15, 0.2) is 11.2 Å². The Kier molecular flexibility index (Phi) is 8.50. The molecule has 0 radical (unpaired) electrons. The van der Waals surface area contributed by atoms with Crippen molar-refractivity contribution >= 4 is 29.1 Å². The average molecular weight is 617 g/mol. The Morgan fingerprint density at radius 2 is 1.40 bits per heavy atom. The van der Waals surface area contributed by atoms with Crippen LogP contribution in [0.4, 0.5) is 11.4 Å². The van der Waals surface area contributed by atoms with Gasteiger partial charge < -0.3 is 9.47 Å². The number of benzene rings is 3. The van der Waals surface area contributed by atoms with Gasteiger partial charge in [-0.3, -0.25) is 44.4 Å². The number of fused-ring (bicyclic) bond motifs is 2. The smallest absolute Gasteiger partial charge is 0.323 e. The van der Waals surface area contributed by atoms with Crippen molar-refractivity contribution in [3.63, 3.8) is 0 Å². The van der Waals surface area contributed by atoms with Crippen LogP contribution in [0.3, 0.4) is 0 Å². The van der Waals surface area contributed by atoms with Crippen LogP contribution in [0.15, 0.2) is 78.9 Å². The number of methoxy groups -OCH3 is 2. The molecule has 0 spiro atoms. The highest BCUT2D eigenvalue weighted by Gasteiger charge is 2.69. The molecule has 13 nitrogen and oxygen atoms in total. The van der Waals surface area contributed by atoms with Crippen molar-refractivity contribution in [3.05, 3.63) is 116 Å². The summed E-state index contributed by atoms with van der Waals surface area (Å²) in [7, 11) is 4.11. The number of nitro groups is 2. The lowest BCUT2D eigenvalue weighted by Crippen LogP contribution is -2.73. The van der Waals surface area contributed by atoms with Gasteiger partial charge in [0.2, 0.25) is 0 Å². The molecule has 0 N–H and O–H groups in total. The molecule has 2 aliphatic rings. The minimum Gasteiger partial charge on any atom is -0.468 e. The topological polar surface area (TPSA) is 162 Å². The molecule has 234 valence electrons. The van der Waals surface area contributed by atoms with Crippen molar-refractivity contribution in [1.82, 2.24) is 9.80 Å². The molecule has 0 aromatic heterocycles. The maximum Gasteiger partial charge on any atom is 0.323 e. The number of hydrogen-bond donors (Lipinski definition) is 0. The van der Waals surface area contributed by atoms with Crippen molar-refractivity contribution in [2.45, 2.75) is 31.1 Å². The largest absolute Gasteiger partial charge is 0.468 e. The highest BCUT2D eigenvalue weighted by atomic mass is 16.6. The molecule has 6 atom stereocenters. The number of carbonyl (C=O) groups excluding carboxylic acids is 3. The van der Waals surface area contributed by atoms with Crippen molar-refractivity contribution in [1.29, 1.82) is 0 Å². The molecular weight excluding hydrogens is 584 g/mol. The molecule has 45 heavy (non-hydrogen) atoms. The van der Waals surface area contributed by atoms with Crippen LogP contribution >= 0.6 is 0 Å². The number of ketones is 1. The van der Waals surface area contributed by atoms with E-state index in [0.717, 1.165) is 5.56 Å². The van der Waals surface area contributed by atoms with Gasteiger partial charge in [-0.2, -0.15) is 0 Å². The summed E-state index contributed by atoms with van der Waals surface area (Å²) >= 11 is 0. The highest BCUT2D eigenvalue weighted by molar-refractivity contribution is 6.09. The predicted molar refractivity (Wildman–Crippen MR) is 160 cm³/mol. The Hall–Kier alpha value is -5.01. The molecule has 2 heterocycles. The highest BCUT2D eigenvalue weighted by Crippen LogP contribution is 2.58. The molecule has 2 aliphatic heterocycles. The number of piperidine rings is 2. The summed E-state index contributed by atoms with van der Waals surface area (Å²) in [5.74, 6) is -3.21. The number of esters is 2. The Morgan fingerprint density at radius 3 is 1.89 bits per heavy atom. The van der Waals surface area contributed by atoms with Gasteiger partial charge in [-0.15, -0.1) is 0 Å². The molecule has 5 rings (SSSR count). The summed E-state index contributed by atoms with van der Waals surface area (Å²) in [6.45, 7) is 1.65. The molecule has 0 amide bonds. The van der Waals surface area contributed by atoms with Crippen LogP contribution < -0.4 is 0 Å². The van der Waals surface area contributed by atoms with Gasteiger partial charge in [0.1, 0.15) is 6.04 Å². The molecular formula is C32H32N4O9. The lowest BCUT2D eigenvalue weighted by atomic mass is 9.58. The molecule has 3 aromatic rings. The van der Waals surface area contributed by atoms with E-state index >= 15 is 0 Å². The normalized spacial score (nSPS) is 25.6. The summed E-state index contributed by atoms with van der Waals surface area (Å²) in [5, 5.41) is 22.9. The maximum absolute atomic E-state index is 15.0. The SMILES string of the molecule is COC(=O)C1C2C(=O)C(C(=O)OC)(CN1[C@@H](C)c1ccccc1)[C@H](c1ccc([N+](=O)[O-])cc1)N(C)[C@@H]2c1ccc([N+](=O)[O-])cc1. The molecule has 0 aliphatic carbocycles. The Balaban J connectivity index is 1.80. The number of rotatable bonds is 8. The van der Waals surface area contributed by atoms with Crippen LogP contribution in [0.5, 0.6) is 0 Å². The average Bonchev–Trinajstić information content (AvgIpc) is 3.05. The fourth-order valence-corrected chi connectivity index (χ4v) is 7.11. The van der Waals surface area contributed by atoms with Gasteiger partial charge in [-0.05, 0) is 30.7 Å². The number of Topliss-reactive ketones (excluding diaryl/α,β-unsaturated/α-hetero) is 1. The van der Waals surface area contributed by atoms with Crippen molar-refractivity contribution in [3.8, 4) is 0 Å². The van der Waals surface area contributed by atoms with Crippen molar-refractivity contribution < 1.29 is 33.7 Å². The first-order valence-electron chi connectivity index (χ1n) is 14.2. The zero-order chi connectivity index (χ0) is 32.6. The first kappa shape index (κ1) is 31.4. The molecule has 2 saturated heterocycles. The number of likely N-dealkylation sites (tertiary alicyclic amines) is 2. The first-order chi connectivity index (χ1) is 21.5. The molecule has 3 unspecified atom stereocenters. The minimum absolute atomic E-state index is 0.160. The third-order valence-electron chi connectivity index (χ3n) is 9.16. The number of hydrogen-bond acceptors (Lipinski definition) is 11. The van der Waals surface area contributed by atoms with E-state index < -0.39 is 63.1 Å². The predicted octanol–water partition coefficient (Wildman–Crippen LogP) is 4.19. The molecule has 3 aromatic carbocycles. The third-order valence-corrected chi connectivity index (χ3v) is 9.16. The Labute approximate surface area is 258 Å². The van der Waals surface area contributed by atoms with Gasteiger partial charge in [-0.1, -0.05) is 54.6 Å². The molecule has 0 saturated carbocycles. The van der Waals surface area contributed by atoms with Crippen molar-refractivity contribution in [2.24, 2.45) is 11.3 Å². The van der Waals surface area contributed by atoms with Gasteiger partial charge in [0.05, 0.1) is 36.0 Å². The summed E-state index contributed by atoms with van der Waals surface area (Å²) in [4.78, 5) is 68.0. The number of nitrogens with zero attached hydrogens (tertiary/aromatic N) is 4. The minimum atomic E-state index is -1.87. The van der Waals surface area contributed by atoms with Crippen LogP contribution in [-0.2, 0) is 23.9 Å². The summed E-state index contributed by atoms with van der Waals surface area (Å²) in [6, 6.07) is 17.1. The molecule has 2 fully saturated rings. The van der Waals surface area contributed by atoms with Crippen LogP contribution in [0.25, 0.3) is 0 Å². The summed E-state index contributed by atoms with van der Waals surface area (Å²) in [6.07, 6.45) is 0. The van der Waals surface area contributed by atoms with Crippen LogP contribution in [-0.4, -0.2) is 71.2 Å². The lowest BCUT2D eigenvalue weighted by Gasteiger charge is -2.60. The molecule has 2 bridgehead atoms. The zero-order valence-corrected chi connectivity index (χ0v) is 25.1. The Morgan fingerprint density at radius 1 is 0.867 bits per heavy atom. The third kappa shape index (κ3) is 5.13. The van der Waals surface area contributed by atoms with E-state index in [1.807, 2.05) is 37.3 Å². The van der Waals surface area contributed by atoms with E-state index in [2.05, 4.69) is 0 Å². The van der Waals surface area contributed by atoms with Crippen LogP contribution in [0.2, 0.25) is 0 Å². The lowest BCUT2D eigenvalue weighted by molar-refractivity contribution is -0.385. The Bertz CT molecular complexity index is 1630. The number of non-ortho nitro benzene ring substituents is 2. The van der Waals surface area contributed by atoms with Gasteiger partial charge >= 0.3 is 11.9 Å². The number of ether oxygens (including phenoxy) is 2. The monoisotopic (exact) mass is 616 g/mol. The maximum atomic E-state index is 15.0. The summed E-state index contributed by atoms with van der Waals surface area (Å²) < 4.78 is 10.6. The van der Waals surface area contributed by atoms with E-state index in [9.17, 15) is 34.6 Å². The van der Waals surface area contributed by atoms with Crippen molar-refractivity contribution in [2.75, 3.05) is 27.8 Å². The second-order valence-electron chi connectivity index (χ2n) is 11.3.